The maximum absolute atomic E-state index is 12.7. The Morgan fingerprint density at radius 2 is 1.94 bits per heavy atom. The van der Waals surface area contributed by atoms with Crippen LogP contribution in [-0.2, 0) is 11.0 Å². The highest BCUT2D eigenvalue weighted by Crippen LogP contribution is 2.36. The molecular weight excluding hydrogens is 219 g/mol. The molecule has 0 atom stereocenters. The fourth-order valence-corrected chi connectivity index (χ4v) is 1.46. The molecular formula is C11H12F3NO. The van der Waals surface area contributed by atoms with E-state index in [0.717, 1.165) is 6.07 Å². The van der Waals surface area contributed by atoms with Crippen molar-refractivity contribution in [1.82, 2.24) is 0 Å². The fourth-order valence-electron chi connectivity index (χ4n) is 1.46. The number of anilines is 1. The number of carbonyl (C=O) groups excluding carboxylic acids is 1. The second-order valence-corrected chi connectivity index (χ2v) is 3.72. The van der Waals surface area contributed by atoms with E-state index < -0.39 is 11.7 Å². The van der Waals surface area contributed by atoms with Crippen molar-refractivity contribution in [2.75, 3.05) is 5.32 Å². The lowest BCUT2D eigenvalue weighted by atomic mass is 9.96. The Hall–Kier alpha value is -1.52. The number of amides is 1. The molecule has 1 N–H and O–H groups in total. The van der Waals surface area contributed by atoms with Crippen molar-refractivity contribution in [3.8, 4) is 0 Å². The molecule has 0 heterocycles. The summed E-state index contributed by atoms with van der Waals surface area (Å²) >= 11 is 0. The van der Waals surface area contributed by atoms with Crippen LogP contribution in [-0.4, -0.2) is 6.41 Å². The van der Waals surface area contributed by atoms with Crippen LogP contribution in [0.2, 0.25) is 0 Å². The van der Waals surface area contributed by atoms with Gasteiger partial charge in [0.05, 0.1) is 5.56 Å². The number of nitrogens with one attached hydrogen (secondary N) is 1. The topological polar surface area (TPSA) is 29.1 Å². The summed E-state index contributed by atoms with van der Waals surface area (Å²) in [7, 11) is 0. The Labute approximate surface area is 91.5 Å². The molecule has 88 valence electrons. The van der Waals surface area contributed by atoms with Gasteiger partial charge < -0.3 is 5.32 Å². The van der Waals surface area contributed by atoms with E-state index in [9.17, 15) is 18.0 Å². The summed E-state index contributed by atoms with van der Waals surface area (Å²) in [6.45, 7) is 3.38. The molecule has 0 aliphatic rings. The van der Waals surface area contributed by atoms with Crippen molar-refractivity contribution < 1.29 is 18.0 Å². The molecule has 1 aromatic rings. The maximum Gasteiger partial charge on any atom is 0.416 e. The zero-order chi connectivity index (χ0) is 12.3. The second-order valence-electron chi connectivity index (χ2n) is 3.72. The van der Waals surface area contributed by atoms with Crippen LogP contribution >= 0.6 is 0 Å². The van der Waals surface area contributed by atoms with E-state index in [0.29, 0.717) is 6.41 Å². The van der Waals surface area contributed by atoms with Crippen LogP contribution in [0.5, 0.6) is 0 Å². The molecule has 0 unspecified atom stereocenters. The van der Waals surface area contributed by atoms with Crippen molar-refractivity contribution in [3.05, 3.63) is 29.3 Å². The minimum atomic E-state index is -4.40. The van der Waals surface area contributed by atoms with Crippen molar-refractivity contribution in [1.29, 1.82) is 0 Å². The first-order valence-corrected chi connectivity index (χ1v) is 4.77. The highest BCUT2D eigenvalue weighted by Gasteiger charge is 2.34. The minimum absolute atomic E-state index is 0.145. The maximum atomic E-state index is 12.7. The lowest BCUT2D eigenvalue weighted by Gasteiger charge is -2.16. The molecule has 1 rings (SSSR count). The molecule has 0 bridgehead atoms. The van der Waals surface area contributed by atoms with Gasteiger partial charge in [-0.05, 0) is 23.6 Å². The molecule has 0 aliphatic carbocycles. The Kier molecular flexibility index (Phi) is 3.57. The van der Waals surface area contributed by atoms with Crippen LogP contribution in [0.4, 0.5) is 18.9 Å². The predicted molar refractivity (Wildman–Crippen MR) is 55.2 cm³/mol. The van der Waals surface area contributed by atoms with E-state index >= 15 is 0 Å². The highest BCUT2D eigenvalue weighted by atomic mass is 19.4. The van der Waals surface area contributed by atoms with Crippen molar-refractivity contribution in [2.45, 2.75) is 25.9 Å². The average Bonchev–Trinajstić information content (AvgIpc) is 2.16. The van der Waals surface area contributed by atoms with Gasteiger partial charge in [0, 0.05) is 5.69 Å². The van der Waals surface area contributed by atoms with Crippen LogP contribution in [0.1, 0.15) is 30.9 Å². The molecule has 1 amide bonds. The summed E-state index contributed by atoms with van der Waals surface area (Å²) in [5, 5.41) is 2.21. The van der Waals surface area contributed by atoms with Crippen LogP contribution in [0.25, 0.3) is 0 Å². The van der Waals surface area contributed by atoms with Gasteiger partial charge >= 0.3 is 6.18 Å². The van der Waals surface area contributed by atoms with E-state index in [2.05, 4.69) is 5.32 Å². The Morgan fingerprint density at radius 1 is 1.31 bits per heavy atom. The van der Waals surface area contributed by atoms with Gasteiger partial charge in [0.1, 0.15) is 0 Å². The SMILES string of the molecule is CC(C)c1ccc(NC=O)cc1C(F)(F)F. The van der Waals surface area contributed by atoms with Crippen LogP contribution < -0.4 is 5.32 Å². The Balaban J connectivity index is 3.27. The highest BCUT2D eigenvalue weighted by molar-refractivity contribution is 5.71. The van der Waals surface area contributed by atoms with E-state index in [-0.39, 0.29) is 17.2 Å². The normalized spacial score (nSPS) is 11.6. The lowest BCUT2D eigenvalue weighted by Crippen LogP contribution is -2.11. The first-order valence-electron chi connectivity index (χ1n) is 4.77. The molecule has 0 aromatic heterocycles. The summed E-state index contributed by atoms with van der Waals surface area (Å²) < 4.78 is 38.1. The van der Waals surface area contributed by atoms with Gasteiger partial charge in [0.15, 0.2) is 0 Å². The first-order chi connectivity index (χ1) is 7.36. The van der Waals surface area contributed by atoms with Crippen LogP contribution in [0.3, 0.4) is 0 Å². The van der Waals surface area contributed by atoms with Gasteiger partial charge in [-0.2, -0.15) is 13.2 Å². The molecule has 5 heteroatoms. The van der Waals surface area contributed by atoms with Gasteiger partial charge in [-0.3, -0.25) is 4.79 Å². The summed E-state index contributed by atoms with van der Waals surface area (Å²) in [6, 6.07) is 3.79. The predicted octanol–water partition coefficient (Wildman–Crippen LogP) is 3.40. The van der Waals surface area contributed by atoms with Gasteiger partial charge in [-0.25, -0.2) is 0 Å². The third kappa shape index (κ3) is 2.74. The average molecular weight is 231 g/mol. The van der Waals surface area contributed by atoms with Crippen molar-refractivity contribution in [2.24, 2.45) is 0 Å². The number of benzene rings is 1. The molecule has 0 saturated heterocycles. The number of halogens is 3. The number of hydrogen-bond acceptors (Lipinski definition) is 1. The molecule has 16 heavy (non-hydrogen) atoms. The van der Waals surface area contributed by atoms with E-state index in [1.54, 1.807) is 13.8 Å². The number of carbonyl (C=O) groups is 1. The van der Waals surface area contributed by atoms with Crippen molar-refractivity contribution in [3.63, 3.8) is 0 Å². The number of alkyl halides is 3. The Bertz CT molecular complexity index is 385. The van der Waals surface area contributed by atoms with Crippen LogP contribution in [0.15, 0.2) is 18.2 Å². The number of hydrogen-bond donors (Lipinski definition) is 1. The van der Waals surface area contributed by atoms with E-state index in [1.165, 1.54) is 12.1 Å². The lowest BCUT2D eigenvalue weighted by molar-refractivity contribution is -0.138. The van der Waals surface area contributed by atoms with Crippen molar-refractivity contribution >= 4 is 12.1 Å². The van der Waals surface area contributed by atoms with Gasteiger partial charge in [0.25, 0.3) is 0 Å². The van der Waals surface area contributed by atoms with Gasteiger partial charge in [-0.15, -0.1) is 0 Å². The minimum Gasteiger partial charge on any atom is -0.329 e. The largest absolute Gasteiger partial charge is 0.416 e. The molecule has 0 radical (unpaired) electrons. The van der Waals surface area contributed by atoms with Crippen LogP contribution in [0, 0.1) is 0 Å². The smallest absolute Gasteiger partial charge is 0.329 e. The zero-order valence-electron chi connectivity index (χ0n) is 8.93. The molecule has 0 fully saturated rings. The first kappa shape index (κ1) is 12.5. The summed E-state index contributed by atoms with van der Waals surface area (Å²) in [6.07, 6.45) is -4.05. The Morgan fingerprint density at radius 3 is 2.38 bits per heavy atom. The van der Waals surface area contributed by atoms with E-state index in [4.69, 9.17) is 0 Å². The van der Waals surface area contributed by atoms with Gasteiger partial charge in [-0.1, -0.05) is 19.9 Å². The molecule has 1 aromatic carbocycles. The third-order valence-corrected chi connectivity index (χ3v) is 2.21. The molecule has 2 nitrogen and oxygen atoms in total. The zero-order valence-corrected chi connectivity index (χ0v) is 8.93. The fraction of sp³-hybridized carbons (Fsp3) is 0.364. The van der Waals surface area contributed by atoms with Gasteiger partial charge in [0.2, 0.25) is 6.41 Å². The third-order valence-electron chi connectivity index (χ3n) is 2.21. The molecule has 0 saturated carbocycles. The quantitative estimate of drug-likeness (QED) is 0.793. The monoisotopic (exact) mass is 231 g/mol. The standard InChI is InChI=1S/C11H12F3NO/c1-7(2)9-4-3-8(15-6-16)5-10(9)11(12,13)14/h3-7H,1-2H3,(H,15,16). The molecule has 0 aliphatic heterocycles. The summed E-state index contributed by atoms with van der Waals surface area (Å²) in [5.74, 6) is -0.220. The second kappa shape index (κ2) is 4.55. The summed E-state index contributed by atoms with van der Waals surface area (Å²) in [4.78, 5) is 10.2. The molecule has 0 spiro atoms. The van der Waals surface area contributed by atoms with E-state index in [1.807, 2.05) is 0 Å². The number of rotatable bonds is 3. The summed E-state index contributed by atoms with van der Waals surface area (Å²) in [5.41, 5.74) is -0.329.